The van der Waals surface area contributed by atoms with Crippen LogP contribution in [0.15, 0.2) is 18.2 Å². The Morgan fingerprint density at radius 2 is 1.95 bits per heavy atom. The number of piperidine rings is 1. The van der Waals surface area contributed by atoms with Gasteiger partial charge in [-0.05, 0) is 51.0 Å². The fourth-order valence-electron chi connectivity index (χ4n) is 2.46. The summed E-state index contributed by atoms with van der Waals surface area (Å²) in [5.41, 5.74) is 0.442. The third-order valence-electron chi connectivity index (χ3n) is 3.58. The monoisotopic (exact) mass is 314 g/mol. The molecule has 1 amide bonds. The summed E-state index contributed by atoms with van der Waals surface area (Å²) in [6, 6.07) is 5.10. The first-order valence-electron chi connectivity index (χ1n) is 7.13. The molecule has 0 spiro atoms. The molecule has 0 radical (unpaired) electrons. The Bertz CT molecular complexity index is 459. The molecule has 1 N–H and O–H groups in total. The SMILES string of the molecule is O=C(NCCCN1CCCCC1)c1cccc(Cl)c1Cl. The van der Waals surface area contributed by atoms with Crippen LogP contribution in [0.25, 0.3) is 0 Å². The second-order valence-electron chi connectivity index (χ2n) is 5.11. The van der Waals surface area contributed by atoms with E-state index in [-0.39, 0.29) is 5.91 Å². The Balaban J connectivity index is 1.73. The smallest absolute Gasteiger partial charge is 0.252 e. The Labute approximate surface area is 130 Å². The third-order valence-corrected chi connectivity index (χ3v) is 4.40. The van der Waals surface area contributed by atoms with Gasteiger partial charge in [-0.3, -0.25) is 4.79 Å². The molecule has 0 bridgehead atoms. The Kier molecular flexibility index (Phi) is 6.14. The highest BCUT2D eigenvalue weighted by Gasteiger charge is 2.13. The quantitative estimate of drug-likeness (QED) is 0.842. The van der Waals surface area contributed by atoms with Crippen molar-refractivity contribution in [2.24, 2.45) is 0 Å². The summed E-state index contributed by atoms with van der Waals surface area (Å²) in [4.78, 5) is 14.5. The number of hydrogen-bond acceptors (Lipinski definition) is 2. The predicted molar refractivity (Wildman–Crippen MR) is 83.7 cm³/mol. The lowest BCUT2D eigenvalue weighted by molar-refractivity contribution is 0.0951. The lowest BCUT2D eigenvalue weighted by Crippen LogP contribution is -2.33. The van der Waals surface area contributed by atoms with Crippen molar-refractivity contribution >= 4 is 29.1 Å². The molecule has 0 saturated carbocycles. The van der Waals surface area contributed by atoms with E-state index < -0.39 is 0 Å². The summed E-state index contributed by atoms with van der Waals surface area (Å²) >= 11 is 11.9. The summed E-state index contributed by atoms with van der Waals surface area (Å²) in [5, 5.41) is 3.63. The molecule has 5 heteroatoms. The molecule has 0 atom stereocenters. The highest BCUT2D eigenvalue weighted by atomic mass is 35.5. The number of carbonyl (C=O) groups excluding carboxylic acids is 1. The van der Waals surface area contributed by atoms with Crippen molar-refractivity contribution in [3.63, 3.8) is 0 Å². The molecule has 1 fully saturated rings. The van der Waals surface area contributed by atoms with Gasteiger partial charge in [0.2, 0.25) is 0 Å². The van der Waals surface area contributed by atoms with Crippen molar-refractivity contribution in [2.45, 2.75) is 25.7 Å². The Morgan fingerprint density at radius 1 is 1.20 bits per heavy atom. The molecule has 1 heterocycles. The summed E-state index contributed by atoms with van der Waals surface area (Å²) < 4.78 is 0. The summed E-state index contributed by atoms with van der Waals surface area (Å²) in [6.07, 6.45) is 4.90. The summed E-state index contributed by atoms with van der Waals surface area (Å²) in [5.74, 6) is -0.156. The first kappa shape index (κ1) is 15.6. The molecular weight excluding hydrogens is 295 g/mol. The van der Waals surface area contributed by atoms with Crippen LogP contribution < -0.4 is 5.32 Å². The van der Waals surface area contributed by atoms with Gasteiger partial charge in [0.05, 0.1) is 15.6 Å². The average Bonchev–Trinajstić information content (AvgIpc) is 2.47. The van der Waals surface area contributed by atoms with E-state index in [9.17, 15) is 4.79 Å². The van der Waals surface area contributed by atoms with Crippen LogP contribution in [0.3, 0.4) is 0 Å². The van der Waals surface area contributed by atoms with E-state index in [2.05, 4.69) is 10.2 Å². The number of benzene rings is 1. The van der Waals surface area contributed by atoms with Gasteiger partial charge in [0, 0.05) is 6.54 Å². The van der Waals surface area contributed by atoms with E-state index in [1.54, 1.807) is 18.2 Å². The van der Waals surface area contributed by atoms with Crippen molar-refractivity contribution in [2.75, 3.05) is 26.2 Å². The maximum Gasteiger partial charge on any atom is 0.252 e. The first-order valence-corrected chi connectivity index (χ1v) is 7.88. The maximum absolute atomic E-state index is 12.0. The Morgan fingerprint density at radius 3 is 2.70 bits per heavy atom. The van der Waals surface area contributed by atoms with E-state index in [4.69, 9.17) is 23.2 Å². The minimum absolute atomic E-state index is 0.156. The fraction of sp³-hybridized carbons (Fsp3) is 0.533. The van der Waals surface area contributed by atoms with Gasteiger partial charge in [-0.15, -0.1) is 0 Å². The second-order valence-corrected chi connectivity index (χ2v) is 5.90. The number of halogens is 2. The molecule has 2 rings (SSSR count). The van der Waals surface area contributed by atoms with Crippen LogP contribution in [0.2, 0.25) is 10.0 Å². The number of likely N-dealkylation sites (tertiary alicyclic amines) is 1. The molecule has 0 aromatic heterocycles. The van der Waals surface area contributed by atoms with Crippen molar-refractivity contribution in [3.8, 4) is 0 Å². The summed E-state index contributed by atoms with van der Waals surface area (Å²) in [6.45, 7) is 4.09. The van der Waals surface area contributed by atoms with E-state index in [1.807, 2.05) is 0 Å². The molecule has 110 valence electrons. The van der Waals surface area contributed by atoms with Gasteiger partial charge < -0.3 is 10.2 Å². The average molecular weight is 315 g/mol. The van der Waals surface area contributed by atoms with Gasteiger partial charge in [0.25, 0.3) is 5.91 Å². The number of nitrogens with zero attached hydrogens (tertiary/aromatic N) is 1. The highest BCUT2D eigenvalue weighted by molar-refractivity contribution is 6.43. The molecule has 1 saturated heterocycles. The molecule has 20 heavy (non-hydrogen) atoms. The topological polar surface area (TPSA) is 32.3 Å². The van der Waals surface area contributed by atoms with E-state index in [1.165, 1.54) is 32.4 Å². The van der Waals surface area contributed by atoms with Crippen LogP contribution in [0.5, 0.6) is 0 Å². The maximum atomic E-state index is 12.0. The van der Waals surface area contributed by atoms with Gasteiger partial charge in [-0.25, -0.2) is 0 Å². The number of hydrogen-bond donors (Lipinski definition) is 1. The van der Waals surface area contributed by atoms with Gasteiger partial charge >= 0.3 is 0 Å². The summed E-state index contributed by atoms with van der Waals surface area (Å²) in [7, 11) is 0. The third kappa shape index (κ3) is 4.37. The molecular formula is C15H20Cl2N2O. The Hall–Kier alpha value is -0.770. The largest absolute Gasteiger partial charge is 0.352 e. The fourth-order valence-corrected chi connectivity index (χ4v) is 2.85. The molecule has 0 aliphatic carbocycles. The van der Waals surface area contributed by atoms with Gasteiger partial charge in [0.15, 0.2) is 0 Å². The van der Waals surface area contributed by atoms with Gasteiger partial charge in [0.1, 0.15) is 0 Å². The van der Waals surface area contributed by atoms with Gasteiger partial charge in [-0.2, -0.15) is 0 Å². The van der Waals surface area contributed by atoms with Crippen molar-refractivity contribution in [3.05, 3.63) is 33.8 Å². The standard InChI is InChI=1S/C15H20Cl2N2O/c16-13-7-4-6-12(14(13)17)15(20)18-8-5-11-19-9-2-1-3-10-19/h4,6-7H,1-3,5,8-11H2,(H,18,20). The number of nitrogens with one attached hydrogen (secondary N) is 1. The predicted octanol–water partition coefficient (Wildman–Crippen LogP) is 3.60. The number of amides is 1. The van der Waals surface area contributed by atoms with Crippen LogP contribution in [0.1, 0.15) is 36.0 Å². The molecule has 1 aromatic carbocycles. The normalized spacial score (nSPS) is 16.1. The highest BCUT2D eigenvalue weighted by Crippen LogP contribution is 2.25. The second kappa shape index (κ2) is 7.87. The zero-order valence-corrected chi connectivity index (χ0v) is 13.0. The van der Waals surface area contributed by atoms with Crippen molar-refractivity contribution in [1.82, 2.24) is 10.2 Å². The van der Waals surface area contributed by atoms with Crippen LogP contribution in [-0.4, -0.2) is 37.0 Å². The first-order chi connectivity index (χ1) is 9.68. The van der Waals surface area contributed by atoms with Crippen LogP contribution in [0.4, 0.5) is 0 Å². The van der Waals surface area contributed by atoms with Crippen LogP contribution >= 0.6 is 23.2 Å². The number of rotatable bonds is 5. The number of carbonyl (C=O) groups is 1. The minimum atomic E-state index is -0.156. The molecule has 3 nitrogen and oxygen atoms in total. The molecule has 1 aliphatic heterocycles. The zero-order chi connectivity index (χ0) is 14.4. The lowest BCUT2D eigenvalue weighted by atomic mass is 10.1. The molecule has 1 aliphatic rings. The van der Waals surface area contributed by atoms with E-state index >= 15 is 0 Å². The van der Waals surface area contributed by atoms with Crippen LogP contribution in [0, 0.1) is 0 Å². The van der Waals surface area contributed by atoms with Gasteiger partial charge in [-0.1, -0.05) is 35.7 Å². The van der Waals surface area contributed by atoms with E-state index in [0.29, 0.717) is 22.2 Å². The lowest BCUT2D eigenvalue weighted by Gasteiger charge is -2.26. The molecule has 1 aromatic rings. The zero-order valence-electron chi connectivity index (χ0n) is 11.5. The van der Waals surface area contributed by atoms with Crippen LogP contribution in [-0.2, 0) is 0 Å². The minimum Gasteiger partial charge on any atom is -0.352 e. The van der Waals surface area contributed by atoms with E-state index in [0.717, 1.165) is 13.0 Å². The van der Waals surface area contributed by atoms with Crippen molar-refractivity contribution < 1.29 is 4.79 Å². The van der Waals surface area contributed by atoms with Crippen molar-refractivity contribution in [1.29, 1.82) is 0 Å². The molecule has 0 unspecified atom stereocenters.